The summed E-state index contributed by atoms with van der Waals surface area (Å²) in [5.41, 5.74) is 3.58. The molecule has 0 amide bonds. The molecule has 6 nitrogen and oxygen atoms in total. The molecule has 0 fully saturated rings. The minimum atomic E-state index is -3.86. The van der Waals surface area contributed by atoms with Crippen LogP contribution < -0.4 is 5.14 Å². The lowest BCUT2D eigenvalue weighted by molar-refractivity contribution is 0.559. The molecule has 0 radical (unpaired) electrons. The normalized spacial score (nSPS) is 14.4. The van der Waals surface area contributed by atoms with Crippen LogP contribution in [0.4, 0.5) is 0 Å². The Morgan fingerprint density at radius 3 is 2.71 bits per heavy atom. The van der Waals surface area contributed by atoms with Crippen molar-refractivity contribution in [3.05, 3.63) is 29.3 Å². The van der Waals surface area contributed by atoms with Crippen LogP contribution in [0.3, 0.4) is 0 Å². The van der Waals surface area contributed by atoms with Gasteiger partial charge in [0.2, 0.25) is 0 Å². The Balaban J connectivity index is 2.12. The summed E-state index contributed by atoms with van der Waals surface area (Å²) in [5.74, 6) is 0.565. The predicted molar refractivity (Wildman–Crippen MR) is 79.1 cm³/mol. The minimum absolute atomic E-state index is 0.167. The maximum Gasteiger partial charge on any atom is 0.273 e. The Morgan fingerprint density at radius 1 is 1.24 bits per heavy atom. The Bertz CT molecular complexity index is 780. The summed E-state index contributed by atoms with van der Waals surface area (Å²) < 4.78 is 24.8. The fourth-order valence-electron chi connectivity index (χ4n) is 2.85. The van der Waals surface area contributed by atoms with Crippen LogP contribution in [0.5, 0.6) is 0 Å². The van der Waals surface area contributed by atoms with Crippen LogP contribution in [0.25, 0.3) is 11.4 Å². The average Bonchev–Trinajstić information content (AvgIpc) is 3.03. The van der Waals surface area contributed by atoms with Gasteiger partial charge in [-0.3, -0.25) is 4.57 Å². The molecule has 0 atom stereocenters. The molecule has 1 aromatic carbocycles. The van der Waals surface area contributed by atoms with Crippen molar-refractivity contribution in [2.75, 3.05) is 0 Å². The quantitative estimate of drug-likeness (QED) is 0.926. The molecule has 0 saturated heterocycles. The number of sulfonamides is 1. The second-order valence-electron chi connectivity index (χ2n) is 5.34. The predicted octanol–water partition coefficient (Wildman–Crippen LogP) is 1.49. The maximum absolute atomic E-state index is 11.6. The third kappa shape index (κ3) is 2.58. The summed E-state index contributed by atoms with van der Waals surface area (Å²) >= 11 is 0. The fraction of sp³-hybridized carbons (Fsp3) is 0.429. The Kier molecular flexibility index (Phi) is 3.54. The van der Waals surface area contributed by atoms with Gasteiger partial charge in [0.1, 0.15) is 0 Å². The van der Waals surface area contributed by atoms with Gasteiger partial charge in [-0.2, -0.15) is 0 Å². The number of hydrogen-bond donors (Lipinski definition) is 1. The van der Waals surface area contributed by atoms with E-state index >= 15 is 0 Å². The highest BCUT2D eigenvalue weighted by molar-refractivity contribution is 7.89. The number of hydrogen-bond acceptors (Lipinski definition) is 4. The molecule has 2 N–H and O–H groups in total. The first-order valence-corrected chi connectivity index (χ1v) is 8.63. The molecule has 7 heteroatoms. The summed E-state index contributed by atoms with van der Waals surface area (Å²) in [7, 11) is -3.86. The van der Waals surface area contributed by atoms with E-state index in [4.69, 9.17) is 5.14 Å². The molecule has 0 spiro atoms. The first-order valence-electron chi connectivity index (χ1n) is 7.09. The largest absolute Gasteiger partial charge is 0.297 e. The van der Waals surface area contributed by atoms with Crippen LogP contribution >= 0.6 is 0 Å². The van der Waals surface area contributed by atoms with E-state index < -0.39 is 10.0 Å². The van der Waals surface area contributed by atoms with Gasteiger partial charge in [-0.25, -0.2) is 13.6 Å². The van der Waals surface area contributed by atoms with Crippen molar-refractivity contribution in [3.63, 3.8) is 0 Å². The molecule has 1 aliphatic rings. The lowest BCUT2D eigenvalue weighted by Gasteiger charge is -2.09. The number of rotatable bonds is 4. The Labute approximate surface area is 124 Å². The van der Waals surface area contributed by atoms with E-state index in [1.54, 1.807) is 4.57 Å². The van der Waals surface area contributed by atoms with Crippen molar-refractivity contribution in [3.8, 4) is 11.4 Å². The van der Waals surface area contributed by atoms with Crippen LogP contribution in [0.2, 0.25) is 0 Å². The highest BCUT2D eigenvalue weighted by Gasteiger charge is 2.22. The number of nitrogens with two attached hydrogens (primary N) is 1. The molecule has 1 aliphatic carbocycles. The van der Waals surface area contributed by atoms with Crippen LogP contribution in [0.15, 0.2) is 23.4 Å². The van der Waals surface area contributed by atoms with Crippen LogP contribution in [-0.2, 0) is 29.4 Å². The van der Waals surface area contributed by atoms with Gasteiger partial charge >= 0.3 is 0 Å². The molecule has 21 heavy (non-hydrogen) atoms. The van der Waals surface area contributed by atoms with Gasteiger partial charge in [-0.1, -0.05) is 19.1 Å². The van der Waals surface area contributed by atoms with Gasteiger partial charge in [-0.05, 0) is 42.9 Å². The molecule has 0 aliphatic heterocycles. The summed E-state index contributed by atoms with van der Waals surface area (Å²) in [5, 5.41) is 12.9. The van der Waals surface area contributed by atoms with Crippen molar-refractivity contribution in [1.29, 1.82) is 0 Å². The Morgan fingerprint density at radius 2 is 2.00 bits per heavy atom. The molecule has 0 saturated carbocycles. The third-order valence-corrected chi connectivity index (χ3v) is 4.59. The minimum Gasteiger partial charge on any atom is -0.297 e. The van der Waals surface area contributed by atoms with Crippen LogP contribution in [-0.4, -0.2) is 23.2 Å². The number of nitrogens with zero attached hydrogens (tertiary/aromatic N) is 3. The summed E-state index contributed by atoms with van der Waals surface area (Å²) in [6.07, 6.45) is 4.12. The molecule has 1 aromatic heterocycles. The highest BCUT2D eigenvalue weighted by atomic mass is 32.2. The standard InChI is InChI=1S/C14H18N4O2S/c1-2-8-18-13(16-17-14(18)21(15,19)20)12-7-6-10-4-3-5-11(10)9-12/h6-7,9H,2-5,8H2,1H3,(H2,15,19,20). The van der Waals surface area contributed by atoms with Crippen molar-refractivity contribution < 1.29 is 8.42 Å². The smallest absolute Gasteiger partial charge is 0.273 e. The van der Waals surface area contributed by atoms with E-state index in [2.05, 4.69) is 22.3 Å². The van der Waals surface area contributed by atoms with Crippen molar-refractivity contribution in [2.24, 2.45) is 5.14 Å². The van der Waals surface area contributed by atoms with Crippen LogP contribution in [0, 0.1) is 0 Å². The molecule has 1 heterocycles. The highest BCUT2D eigenvalue weighted by Crippen LogP contribution is 2.28. The van der Waals surface area contributed by atoms with Gasteiger partial charge < -0.3 is 0 Å². The van der Waals surface area contributed by atoms with Gasteiger partial charge in [0.05, 0.1) is 0 Å². The second-order valence-corrected chi connectivity index (χ2v) is 6.80. The fourth-order valence-corrected chi connectivity index (χ4v) is 3.49. The SMILES string of the molecule is CCCn1c(-c2ccc3c(c2)CCC3)nnc1S(N)(=O)=O. The summed E-state index contributed by atoms with van der Waals surface area (Å²) in [6.45, 7) is 2.49. The monoisotopic (exact) mass is 306 g/mol. The lowest BCUT2D eigenvalue weighted by Crippen LogP contribution is -2.19. The zero-order chi connectivity index (χ0) is 15.0. The number of aromatic nitrogens is 3. The zero-order valence-electron chi connectivity index (χ0n) is 11.9. The number of primary sulfonamides is 1. The van der Waals surface area contributed by atoms with Crippen molar-refractivity contribution in [2.45, 2.75) is 44.3 Å². The zero-order valence-corrected chi connectivity index (χ0v) is 12.7. The molecule has 2 aromatic rings. The number of aryl methyl sites for hydroxylation is 2. The van der Waals surface area contributed by atoms with Crippen molar-refractivity contribution in [1.82, 2.24) is 14.8 Å². The molecular formula is C14H18N4O2S. The van der Waals surface area contributed by atoms with E-state index in [0.717, 1.165) is 24.8 Å². The van der Waals surface area contributed by atoms with Gasteiger partial charge in [0.25, 0.3) is 15.2 Å². The van der Waals surface area contributed by atoms with E-state index in [0.29, 0.717) is 12.4 Å². The topological polar surface area (TPSA) is 90.9 Å². The summed E-state index contributed by atoms with van der Waals surface area (Å²) in [4.78, 5) is 0. The first-order chi connectivity index (χ1) is 10.0. The molecular weight excluding hydrogens is 288 g/mol. The van der Waals surface area contributed by atoms with E-state index in [9.17, 15) is 8.42 Å². The average molecular weight is 306 g/mol. The molecule has 0 bridgehead atoms. The van der Waals surface area contributed by atoms with Gasteiger partial charge in [0.15, 0.2) is 5.82 Å². The Hall–Kier alpha value is -1.73. The number of benzene rings is 1. The van der Waals surface area contributed by atoms with E-state index in [1.165, 1.54) is 17.5 Å². The number of fused-ring (bicyclic) bond motifs is 1. The second kappa shape index (κ2) is 5.23. The van der Waals surface area contributed by atoms with E-state index in [-0.39, 0.29) is 5.16 Å². The maximum atomic E-state index is 11.6. The molecule has 0 unspecified atom stereocenters. The molecule has 3 rings (SSSR count). The third-order valence-electron chi connectivity index (χ3n) is 3.78. The lowest BCUT2D eigenvalue weighted by atomic mass is 10.1. The molecule has 112 valence electrons. The van der Waals surface area contributed by atoms with Gasteiger partial charge in [-0.15, -0.1) is 10.2 Å². The van der Waals surface area contributed by atoms with Crippen molar-refractivity contribution >= 4 is 10.0 Å². The van der Waals surface area contributed by atoms with Gasteiger partial charge in [0, 0.05) is 12.1 Å². The van der Waals surface area contributed by atoms with E-state index in [1.807, 2.05) is 13.0 Å². The van der Waals surface area contributed by atoms with Crippen LogP contribution in [0.1, 0.15) is 30.9 Å². The first kappa shape index (κ1) is 14.2. The summed E-state index contributed by atoms with van der Waals surface area (Å²) in [6, 6.07) is 6.16.